The number of rotatable bonds is 4. The molecule has 4 nitrogen and oxygen atoms in total. The summed E-state index contributed by atoms with van der Waals surface area (Å²) in [5, 5.41) is 10.1. The van der Waals surface area contributed by atoms with Gasteiger partial charge in [-0.3, -0.25) is 0 Å². The molecule has 0 aliphatic carbocycles. The maximum atomic E-state index is 13.3. The van der Waals surface area contributed by atoms with Crippen molar-refractivity contribution in [3.8, 4) is 0 Å². The monoisotopic (exact) mass is 305 g/mol. The molecular weight excluding hydrogens is 287 g/mol. The van der Waals surface area contributed by atoms with Gasteiger partial charge in [-0.25, -0.2) is 4.79 Å². The van der Waals surface area contributed by atoms with Crippen LogP contribution >= 0.6 is 0 Å². The molecule has 0 aliphatic rings. The number of hydrogen-bond acceptors (Lipinski definition) is 4. The first kappa shape index (κ1) is 17.3. The zero-order valence-electron chi connectivity index (χ0n) is 12.0. The third-order valence-corrected chi connectivity index (χ3v) is 3.36. The molecule has 21 heavy (non-hydrogen) atoms. The first-order valence-electron chi connectivity index (χ1n) is 6.45. The highest BCUT2D eigenvalue weighted by Gasteiger charge is 2.62. The molecular formula is C14H18F3NO3. The standard InChI is InChI=1S/C14H18F3NO3/c1-4-9-8(3)11(18)7-6-10(9)13(20,14(15,16)17)12(19)21-5-2/h6-7,20H,4-5,18H2,1-3H3. The number of carbonyl (C=O) groups is 1. The third kappa shape index (κ3) is 2.83. The maximum Gasteiger partial charge on any atom is 0.432 e. The van der Waals surface area contributed by atoms with E-state index in [0.717, 1.165) is 6.07 Å². The molecule has 1 aromatic carbocycles. The fourth-order valence-corrected chi connectivity index (χ4v) is 2.18. The van der Waals surface area contributed by atoms with Gasteiger partial charge in [-0.15, -0.1) is 0 Å². The molecule has 0 radical (unpaired) electrons. The minimum Gasteiger partial charge on any atom is -0.463 e. The van der Waals surface area contributed by atoms with Crippen LogP contribution in [0.4, 0.5) is 18.9 Å². The van der Waals surface area contributed by atoms with E-state index in [0.29, 0.717) is 11.3 Å². The summed E-state index contributed by atoms with van der Waals surface area (Å²) >= 11 is 0. The Labute approximate surface area is 120 Å². The summed E-state index contributed by atoms with van der Waals surface area (Å²) in [6.45, 7) is 4.25. The minimum absolute atomic E-state index is 0.183. The van der Waals surface area contributed by atoms with Crippen LogP contribution in [0.2, 0.25) is 0 Å². The van der Waals surface area contributed by atoms with Crippen molar-refractivity contribution in [3.05, 3.63) is 28.8 Å². The Morgan fingerprint density at radius 2 is 1.90 bits per heavy atom. The average molecular weight is 305 g/mol. The first-order valence-corrected chi connectivity index (χ1v) is 6.45. The smallest absolute Gasteiger partial charge is 0.432 e. The lowest BCUT2D eigenvalue weighted by Crippen LogP contribution is -2.50. The highest BCUT2D eigenvalue weighted by Crippen LogP contribution is 2.42. The van der Waals surface area contributed by atoms with E-state index in [1.807, 2.05) is 0 Å². The van der Waals surface area contributed by atoms with E-state index in [9.17, 15) is 23.1 Å². The van der Waals surface area contributed by atoms with E-state index in [4.69, 9.17) is 5.73 Å². The van der Waals surface area contributed by atoms with Gasteiger partial charge in [0.15, 0.2) is 0 Å². The van der Waals surface area contributed by atoms with Gasteiger partial charge in [0.1, 0.15) is 0 Å². The van der Waals surface area contributed by atoms with Gasteiger partial charge in [0.2, 0.25) is 0 Å². The van der Waals surface area contributed by atoms with Gasteiger partial charge in [0.05, 0.1) is 6.61 Å². The predicted octanol–water partition coefficient (Wildman–Crippen LogP) is 2.45. The SMILES string of the molecule is CCOC(=O)C(O)(c1ccc(N)c(C)c1CC)C(F)(F)F. The van der Waals surface area contributed by atoms with Crippen LogP contribution in [0.3, 0.4) is 0 Å². The number of hydrogen-bond donors (Lipinski definition) is 2. The zero-order chi connectivity index (χ0) is 16.4. The summed E-state index contributed by atoms with van der Waals surface area (Å²) in [5.74, 6) is -1.74. The van der Waals surface area contributed by atoms with Crippen molar-refractivity contribution < 1.29 is 27.8 Å². The number of esters is 1. The van der Waals surface area contributed by atoms with Crippen molar-refractivity contribution in [2.45, 2.75) is 39.0 Å². The molecule has 118 valence electrons. The molecule has 0 saturated carbocycles. The number of aliphatic hydroxyl groups is 1. The van der Waals surface area contributed by atoms with Crippen LogP contribution in [0.25, 0.3) is 0 Å². The van der Waals surface area contributed by atoms with Crippen LogP contribution in [0.15, 0.2) is 12.1 Å². The molecule has 7 heteroatoms. The lowest BCUT2D eigenvalue weighted by Gasteiger charge is -2.31. The third-order valence-electron chi connectivity index (χ3n) is 3.36. The van der Waals surface area contributed by atoms with Gasteiger partial charge < -0.3 is 15.6 Å². The molecule has 0 spiro atoms. The quantitative estimate of drug-likeness (QED) is 0.662. The minimum atomic E-state index is -5.20. The number of alkyl halides is 3. The van der Waals surface area contributed by atoms with Crippen molar-refractivity contribution in [2.75, 3.05) is 12.3 Å². The molecule has 3 N–H and O–H groups in total. The molecule has 0 aliphatic heterocycles. The Balaban J connectivity index is 3.63. The Kier molecular flexibility index (Phi) is 4.88. The maximum absolute atomic E-state index is 13.3. The lowest BCUT2D eigenvalue weighted by atomic mass is 9.85. The van der Waals surface area contributed by atoms with E-state index in [-0.39, 0.29) is 18.6 Å². The molecule has 0 heterocycles. The summed E-state index contributed by atoms with van der Waals surface area (Å²) < 4.78 is 44.4. The zero-order valence-corrected chi connectivity index (χ0v) is 12.0. The van der Waals surface area contributed by atoms with Crippen LogP contribution in [-0.4, -0.2) is 23.9 Å². The van der Waals surface area contributed by atoms with Gasteiger partial charge in [0, 0.05) is 11.3 Å². The Morgan fingerprint density at radius 3 is 2.33 bits per heavy atom. The van der Waals surface area contributed by atoms with Crippen molar-refractivity contribution in [1.82, 2.24) is 0 Å². The summed E-state index contributed by atoms with van der Waals surface area (Å²) in [6, 6.07) is 2.26. The molecule has 1 aromatic rings. The van der Waals surface area contributed by atoms with E-state index in [1.54, 1.807) is 13.8 Å². The molecule has 0 amide bonds. The van der Waals surface area contributed by atoms with Gasteiger partial charge >= 0.3 is 12.1 Å². The van der Waals surface area contributed by atoms with Gasteiger partial charge in [-0.2, -0.15) is 13.2 Å². The van der Waals surface area contributed by atoms with E-state index in [1.165, 1.54) is 13.0 Å². The van der Waals surface area contributed by atoms with Crippen molar-refractivity contribution >= 4 is 11.7 Å². The predicted molar refractivity (Wildman–Crippen MR) is 71.6 cm³/mol. The van der Waals surface area contributed by atoms with E-state index < -0.39 is 23.3 Å². The molecule has 1 atom stereocenters. The molecule has 0 saturated heterocycles. The molecule has 0 aromatic heterocycles. The fraction of sp³-hybridized carbons (Fsp3) is 0.500. The van der Waals surface area contributed by atoms with Crippen LogP contribution in [-0.2, 0) is 21.6 Å². The molecule has 1 rings (SSSR count). The van der Waals surface area contributed by atoms with Crippen LogP contribution < -0.4 is 5.73 Å². The van der Waals surface area contributed by atoms with E-state index in [2.05, 4.69) is 4.74 Å². The second-order valence-corrected chi connectivity index (χ2v) is 4.59. The number of nitrogen functional groups attached to an aromatic ring is 1. The summed E-state index contributed by atoms with van der Waals surface area (Å²) in [5.41, 5.74) is 2.32. The number of anilines is 1. The normalized spacial score (nSPS) is 14.6. The molecule has 1 unspecified atom stereocenters. The summed E-state index contributed by atoms with van der Waals surface area (Å²) in [4.78, 5) is 11.8. The average Bonchev–Trinajstić information content (AvgIpc) is 2.39. The van der Waals surface area contributed by atoms with Crippen LogP contribution in [0.5, 0.6) is 0 Å². The Morgan fingerprint density at radius 1 is 1.33 bits per heavy atom. The largest absolute Gasteiger partial charge is 0.463 e. The van der Waals surface area contributed by atoms with Crippen molar-refractivity contribution in [2.24, 2.45) is 0 Å². The van der Waals surface area contributed by atoms with E-state index >= 15 is 0 Å². The molecule has 0 fully saturated rings. The number of benzene rings is 1. The second-order valence-electron chi connectivity index (χ2n) is 4.59. The number of ether oxygens (including phenoxy) is 1. The second kappa shape index (κ2) is 5.93. The topological polar surface area (TPSA) is 72.5 Å². The van der Waals surface area contributed by atoms with Crippen LogP contribution in [0.1, 0.15) is 30.5 Å². The summed E-state index contributed by atoms with van der Waals surface area (Å²) in [7, 11) is 0. The molecule has 0 bridgehead atoms. The van der Waals surface area contributed by atoms with Gasteiger partial charge in [-0.1, -0.05) is 13.0 Å². The lowest BCUT2D eigenvalue weighted by molar-refractivity contribution is -0.268. The number of carbonyl (C=O) groups excluding carboxylic acids is 1. The first-order chi connectivity index (χ1) is 9.61. The highest BCUT2D eigenvalue weighted by molar-refractivity contribution is 5.83. The van der Waals surface area contributed by atoms with Gasteiger partial charge in [-0.05, 0) is 37.5 Å². The van der Waals surface area contributed by atoms with Crippen LogP contribution in [0, 0.1) is 6.92 Å². The summed E-state index contributed by atoms with van der Waals surface area (Å²) in [6.07, 6.45) is -5.02. The fourth-order valence-electron chi connectivity index (χ4n) is 2.18. The highest BCUT2D eigenvalue weighted by atomic mass is 19.4. The van der Waals surface area contributed by atoms with Gasteiger partial charge in [0.25, 0.3) is 5.60 Å². The Hall–Kier alpha value is -1.76. The number of nitrogens with two attached hydrogens (primary N) is 1. The van der Waals surface area contributed by atoms with Crippen molar-refractivity contribution in [3.63, 3.8) is 0 Å². The van der Waals surface area contributed by atoms with Crippen molar-refractivity contribution in [1.29, 1.82) is 0 Å². The number of halogens is 3. The Bertz CT molecular complexity index is 543.